The number of piperidine rings is 1. The molecule has 3 rings (SSSR count). The molecule has 0 aromatic carbocycles. The Bertz CT molecular complexity index is 611. The molecule has 0 aliphatic carbocycles. The van der Waals surface area contributed by atoms with Gasteiger partial charge in [-0.25, -0.2) is 0 Å². The normalized spacial score (nSPS) is 19.2. The minimum absolute atomic E-state index is 0.0642. The lowest BCUT2D eigenvalue weighted by atomic mass is 9.98. The van der Waals surface area contributed by atoms with Gasteiger partial charge in [-0.15, -0.1) is 21.5 Å². The predicted octanol–water partition coefficient (Wildman–Crippen LogP) is 2.08. The zero-order valence-electron chi connectivity index (χ0n) is 12.6. The van der Waals surface area contributed by atoms with E-state index in [9.17, 15) is 4.79 Å². The minimum atomic E-state index is -0.0642. The molecule has 0 saturated carbocycles. The molecule has 6 nitrogen and oxygen atoms in total. The molecule has 7 heteroatoms. The second-order valence-electron chi connectivity index (χ2n) is 5.68. The van der Waals surface area contributed by atoms with Gasteiger partial charge in [-0.05, 0) is 38.3 Å². The van der Waals surface area contributed by atoms with Crippen molar-refractivity contribution in [1.29, 1.82) is 0 Å². The van der Waals surface area contributed by atoms with Crippen LogP contribution in [-0.4, -0.2) is 40.6 Å². The average Bonchev–Trinajstić information content (AvgIpc) is 3.17. The quantitative estimate of drug-likeness (QED) is 0.913. The summed E-state index contributed by atoms with van der Waals surface area (Å²) in [6.45, 7) is 5.62. The van der Waals surface area contributed by atoms with Crippen LogP contribution >= 0.6 is 11.3 Å². The molecule has 0 radical (unpaired) electrons. The molecule has 1 N–H and O–H groups in total. The Balaban J connectivity index is 1.47. The number of carbonyl (C=O) groups excluding carboxylic acids is 1. The molecular formula is C15H20N4O2S. The van der Waals surface area contributed by atoms with Crippen molar-refractivity contribution in [1.82, 2.24) is 20.4 Å². The van der Waals surface area contributed by atoms with Gasteiger partial charge in [0.05, 0.1) is 18.4 Å². The van der Waals surface area contributed by atoms with E-state index in [4.69, 9.17) is 4.42 Å². The summed E-state index contributed by atoms with van der Waals surface area (Å²) in [5.41, 5.74) is 0.581. The van der Waals surface area contributed by atoms with Crippen LogP contribution in [-0.2, 0) is 6.54 Å². The number of hydrogen-bond acceptors (Lipinski definition) is 6. The third kappa shape index (κ3) is 3.92. The molecule has 1 atom stereocenters. The third-order valence-electron chi connectivity index (χ3n) is 3.86. The molecule has 0 unspecified atom stereocenters. The summed E-state index contributed by atoms with van der Waals surface area (Å²) in [4.78, 5) is 14.3. The first-order valence-electron chi connectivity index (χ1n) is 7.52. The Morgan fingerprint density at radius 2 is 2.45 bits per heavy atom. The summed E-state index contributed by atoms with van der Waals surface area (Å²) in [6.07, 6.45) is 5.29. The Morgan fingerprint density at radius 3 is 3.18 bits per heavy atom. The summed E-state index contributed by atoms with van der Waals surface area (Å²) >= 11 is 1.66. The number of aryl methyl sites for hydroxylation is 1. The van der Waals surface area contributed by atoms with Crippen molar-refractivity contribution >= 4 is 17.2 Å². The van der Waals surface area contributed by atoms with Gasteiger partial charge in [0.15, 0.2) is 0 Å². The van der Waals surface area contributed by atoms with Crippen molar-refractivity contribution < 1.29 is 9.21 Å². The number of likely N-dealkylation sites (tertiary alicyclic amines) is 1. The van der Waals surface area contributed by atoms with Gasteiger partial charge in [0.2, 0.25) is 0 Å². The van der Waals surface area contributed by atoms with Crippen molar-refractivity contribution in [2.24, 2.45) is 5.92 Å². The molecule has 1 amide bonds. The molecule has 0 bridgehead atoms. The van der Waals surface area contributed by atoms with Crippen molar-refractivity contribution in [3.05, 3.63) is 34.2 Å². The summed E-state index contributed by atoms with van der Waals surface area (Å²) in [7, 11) is 0. The van der Waals surface area contributed by atoms with Crippen LogP contribution in [0.25, 0.3) is 0 Å². The first-order valence-corrected chi connectivity index (χ1v) is 8.34. The highest BCUT2D eigenvalue weighted by molar-refractivity contribution is 7.11. The smallest absolute Gasteiger partial charge is 0.254 e. The first kappa shape index (κ1) is 15.2. The van der Waals surface area contributed by atoms with Crippen molar-refractivity contribution in [3.8, 4) is 0 Å². The highest BCUT2D eigenvalue weighted by Gasteiger charge is 2.21. The largest absolute Gasteiger partial charge is 0.472 e. The van der Waals surface area contributed by atoms with Gasteiger partial charge in [0, 0.05) is 13.1 Å². The zero-order valence-corrected chi connectivity index (χ0v) is 13.4. The topological polar surface area (TPSA) is 71.3 Å². The molecule has 3 heterocycles. The van der Waals surface area contributed by atoms with Crippen molar-refractivity contribution in [2.45, 2.75) is 26.3 Å². The summed E-state index contributed by atoms with van der Waals surface area (Å²) in [5.74, 6) is 0.421. The van der Waals surface area contributed by atoms with Gasteiger partial charge < -0.3 is 9.73 Å². The van der Waals surface area contributed by atoms with Gasteiger partial charge in [0.1, 0.15) is 16.3 Å². The van der Waals surface area contributed by atoms with Crippen LogP contribution in [0.2, 0.25) is 0 Å². The predicted molar refractivity (Wildman–Crippen MR) is 83.7 cm³/mol. The number of amides is 1. The monoisotopic (exact) mass is 320 g/mol. The Kier molecular flexibility index (Phi) is 4.84. The molecular weight excluding hydrogens is 300 g/mol. The van der Waals surface area contributed by atoms with E-state index in [0.717, 1.165) is 42.5 Å². The fourth-order valence-electron chi connectivity index (χ4n) is 2.79. The second-order valence-corrected chi connectivity index (χ2v) is 6.95. The van der Waals surface area contributed by atoms with E-state index in [1.54, 1.807) is 17.4 Å². The van der Waals surface area contributed by atoms with Crippen LogP contribution in [0, 0.1) is 12.8 Å². The van der Waals surface area contributed by atoms with E-state index < -0.39 is 0 Å². The van der Waals surface area contributed by atoms with E-state index in [1.165, 1.54) is 12.5 Å². The Hall–Kier alpha value is -1.73. The fourth-order valence-corrected chi connectivity index (χ4v) is 3.54. The molecule has 2 aromatic rings. The number of rotatable bonds is 5. The number of furan rings is 1. The molecule has 1 aliphatic rings. The molecule has 118 valence electrons. The number of nitrogens with zero attached hydrogens (tertiary/aromatic N) is 3. The lowest BCUT2D eigenvalue weighted by Crippen LogP contribution is -2.40. The van der Waals surface area contributed by atoms with E-state index in [-0.39, 0.29) is 5.91 Å². The Morgan fingerprint density at radius 1 is 1.55 bits per heavy atom. The van der Waals surface area contributed by atoms with E-state index in [1.807, 2.05) is 6.92 Å². The van der Waals surface area contributed by atoms with Crippen LogP contribution < -0.4 is 5.32 Å². The van der Waals surface area contributed by atoms with Crippen LogP contribution in [0.1, 0.15) is 33.2 Å². The van der Waals surface area contributed by atoms with Gasteiger partial charge >= 0.3 is 0 Å². The molecule has 22 heavy (non-hydrogen) atoms. The molecule has 1 aliphatic heterocycles. The van der Waals surface area contributed by atoms with Crippen LogP contribution in [0.5, 0.6) is 0 Å². The number of carbonyl (C=O) groups is 1. The van der Waals surface area contributed by atoms with Gasteiger partial charge in [-0.2, -0.15) is 0 Å². The van der Waals surface area contributed by atoms with Crippen molar-refractivity contribution in [3.63, 3.8) is 0 Å². The molecule has 1 saturated heterocycles. The SMILES string of the molecule is Cc1nnc(CN2CCC[C@H](CNC(=O)c3ccoc3)C2)s1. The number of hydrogen-bond donors (Lipinski definition) is 1. The average molecular weight is 320 g/mol. The summed E-state index contributed by atoms with van der Waals surface area (Å²) in [6, 6.07) is 1.68. The second kappa shape index (κ2) is 7.02. The maximum atomic E-state index is 11.9. The van der Waals surface area contributed by atoms with Gasteiger partial charge in [0.25, 0.3) is 5.91 Å². The standard InChI is InChI=1S/C15H20N4O2S/c1-11-17-18-14(22-11)9-19-5-2-3-12(8-19)7-16-15(20)13-4-6-21-10-13/h4,6,10,12H,2-3,5,7-9H2,1H3,(H,16,20)/t12-/m1/s1. The summed E-state index contributed by atoms with van der Waals surface area (Å²) in [5, 5.41) is 13.3. The van der Waals surface area contributed by atoms with E-state index in [2.05, 4.69) is 20.4 Å². The fraction of sp³-hybridized carbons (Fsp3) is 0.533. The van der Waals surface area contributed by atoms with Crippen LogP contribution in [0.4, 0.5) is 0 Å². The van der Waals surface area contributed by atoms with Crippen LogP contribution in [0.3, 0.4) is 0 Å². The van der Waals surface area contributed by atoms with Crippen molar-refractivity contribution in [2.75, 3.05) is 19.6 Å². The van der Waals surface area contributed by atoms with Gasteiger partial charge in [-0.1, -0.05) is 0 Å². The number of nitrogens with one attached hydrogen (secondary N) is 1. The lowest BCUT2D eigenvalue weighted by molar-refractivity contribution is 0.0930. The maximum absolute atomic E-state index is 11.9. The maximum Gasteiger partial charge on any atom is 0.254 e. The van der Waals surface area contributed by atoms with E-state index in [0.29, 0.717) is 18.0 Å². The highest BCUT2D eigenvalue weighted by Crippen LogP contribution is 2.19. The third-order valence-corrected chi connectivity index (χ3v) is 4.69. The minimum Gasteiger partial charge on any atom is -0.472 e. The Labute approximate surface area is 133 Å². The zero-order chi connectivity index (χ0) is 15.4. The first-order chi connectivity index (χ1) is 10.7. The lowest BCUT2D eigenvalue weighted by Gasteiger charge is -2.32. The highest BCUT2D eigenvalue weighted by atomic mass is 32.1. The molecule has 2 aromatic heterocycles. The van der Waals surface area contributed by atoms with Gasteiger partial charge in [-0.3, -0.25) is 9.69 Å². The molecule has 1 fully saturated rings. The van der Waals surface area contributed by atoms with Crippen LogP contribution in [0.15, 0.2) is 23.0 Å². The van der Waals surface area contributed by atoms with E-state index >= 15 is 0 Å². The number of aromatic nitrogens is 2. The summed E-state index contributed by atoms with van der Waals surface area (Å²) < 4.78 is 4.93. The molecule has 0 spiro atoms.